The first-order valence-corrected chi connectivity index (χ1v) is 11.4. The standard InChI is InChI=1S/C21H22FN3O5S/c1-21(20(27)24-28,31(2,29)30)7-8-25-12-16-10-15(18(22)11-19(16)23-25)6-4-3-5-14-9-17(14)13-26/h10-12,14,17,26,28H,7-9,13H2,1-2H3,(H,24,27)/t14?,17-,21-/m1/s1. The van der Waals surface area contributed by atoms with Crippen LogP contribution in [-0.2, 0) is 21.2 Å². The summed E-state index contributed by atoms with van der Waals surface area (Å²) in [4.78, 5) is 11.9. The fourth-order valence-electron chi connectivity index (χ4n) is 3.07. The van der Waals surface area contributed by atoms with E-state index in [9.17, 15) is 17.6 Å². The average Bonchev–Trinajstić information content (AvgIpc) is 3.37. The Kier molecular flexibility index (Phi) is 6.37. The summed E-state index contributed by atoms with van der Waals surface area (Å²) in [6, 6.07) is 2.74. The summed E-state index contributed by atoms with van der Waals surface area (Å²) in [5.41, 5.74) is 1.90. The van der Waals surface area contributed by atoms with Gasteiger partial charge in [-0.25, -0.2) is 18.3 Å². The summed E-state index contributed by atoms with van der Waals surface area (Å²) in [5, 5.41) is 22.7. The van der Waals surface area contributed by atoms with Crippen molar-refractivity contribution in [2.24, 2.45) is 11.8 Å². The lowest BCUT2D eigenvalue weighted by Gasteiger charge is -2.24. The molecule has 1 unspecified atom stereocenters. The van der Waals surface area contributed by atoms with Crippen LogP contribution in [0.25, 0.3) is 10.9 Å². The van der Waals surface area contributed by atoms with E-state index < -0.39 is 26.3 Å². The zero-order valence-electron chi connectivity index (χ0n) is 17.0. The fourth-order valence-corrected chi connectivity index (χ4v) is 3.92. The molecule has 0 spiro atoms. The van der Waals surface area contributed by atoms with Gasteiger partial charge >= 0.3 is 0 Å². The summed E-state index contributed by atoms with van der Waals surface area (Å²) in [7, 11) is -3.83. The molecule has 10 heteroatoms. The van der Waals surface area contributed by atoms with Crippen LogP contribution < -0.4 is 5.48 Å². The molecule has 1 aliphatic carbocycles. The van der Waals surface area contributed by atoms with E-state index in [1.54, 1.807) is 6.20 Å². The van der Waals surface area contributed by atoms with Crippen LogP contribution in [0.1, 0.15) is 25.3 Å². The molecule has 1 saturated carbocycles. The van der Waals surface area contributed by atoms with Crippen LogP contribution in [0.5, 0.6) is 0 Å². The second-order valence-corrected chi connectivity index (χ2v) is 10.2. The van der Waals surface area contributed by atoms with Gasteiger partial charge in [0.1, 0.15) is 5.82 Å². The molecule has 3 N–H and O–H groups in total. The number of aryl methyl sites for hydroxylation is 1. The van der Waals surface area contributed by atoms with Gasteiger partial charge in [-0.05, 0) is 49.5 Å². The number of nitrogens with zero attached hydrogens (tertiary/aromatic N) is 2. The second kappa shape index (κ2) is 8.67. The Bertz CT molecular complexity index is 1250. The smallest absolute Gasteiger partial charge is 0.264 e. The van der Waals surface area contributed by atoms with Gasteiger partial charge in [-0.1, -0.05) is 5.92 Å². The molecule has 0 saturated heterocycles. The van der Waals surface area contributed by atoms with E-state index in [0.29, 0.717) is 10.9 Å². The number of hydrogen-bond donors (Lipinski definition) is 3. The third-order valence-electron chi connectivity index (χ3n) is 5.53. The van der Waals surface area contributed by atoms with Gasteiger partial charge in [0.05, 0.1) is 11.1 Å². The monoisotopic (exact) mass is 447 g/mol. The van der Waals surface area contributed by atoms with Crippen LogP contribution in [0.4, 0.5) is 4.39 Å². The lowest BCUT2D eigenvalue weighted by Crippen LogP contribution is -2.49. The maximum absolute atomic E-state index is 14.3. The maximum atomic E-state index is 14.3. The SMILES string of the molecule is C[C@@](CCn1cc2cc(C#CC#CC3C[C@@H]3CO)c(F)cc2n1)(C(=O)NO)S(C)(=O)=O. The Balaban J connectivity index is 1.78. The minimum absolute atomic E-state index is 0.0488. The number of aliphatic hydroxyl groups excluding tert-OH is 1. The topological polar surface area (TPSA) is 122 Å². The van der Waals surface area contributed by atoms with Gasteiger partial charge in [0.2, 0.25) is 0 Å². The Labute approximate surface area is 179 Å². The van der Waals surface area contributed by atoms with Crippen molar-refractivity contribution in [3.63, 3.8) is 0 Å². The molecule has 8 nitrogen and oxygen atoms in total. The summed E-state index contributed by atoms with van der Waals surface area (Å²) in [6.07, 6.45) is 3.22. The lowest BCUT2D eigenvalue weighted by atomic mass is 10.1. The van der Waals surface area contributed by atoms with Gasteiger partial charge in [-0.3, -0.25) is 14.7 Å². The first-order chi connectivity index (χ1) is 14.6. The van der Waals surface area contributed by atoms with Gasteiger partial charge < -0.3 is 5.11 Å². The van der Waals surface area contributed by atoms with Crippen LogP contribution in [0.2, 0.25) is 0 Å². The third kappa shape index (κ3) is 4.88. The van der Waals surface area contributed by atoms with Crippen molar-refractivity contribution in [3.8, 4) is 23.7 Å². The highest BCUT2D eigenvalue weighted by Crippen LogP contribution is 2.36. The predicted molar refractivity (Wildman–Crippen MR) is 111 cm³/mol. The minimum atomic E-state index is -3.83. The Morgan fingerprint density at radius 3 is 2.77 bits per heavy atom. The molecule has 1 heterocycles. The van der Waals surface area contributed by atoms with Crippen molar-refractivity contribution in [2.75, 3.05) is 12.9 Å². The predicted octanol–water partition coefficient (Wildman–Crippen LogP) is 0.857. The van der Waals surface area contributed by atoms with E-state index in [4.69, 9.17) is 10.3 Å². The van der Waals surface area contributed by atoms with Gasteiger partial charge in [0.25, 0.3) is 5.91 Å². The zero-order valence-corrected chi connectivity index (χ0v) is 17.8. The highest BCUT2D eigenvalue weighted by atomic mass is 32.2. The van der Waals surface area contributed by atoms with Gasteiger partial charge in [0.15, 0.2) is 14.6 Å². The quantitative estimate of drug-likeness (QED) is 0.343. The molecule has 2 aromatic rings. The van der Waals surface area contributed by atoms with Crippen LogP contribution in [0.3, 0.4) is 0 Å². The first kappa shape index (κ1) is 22.8. The number of fused-ring (bicyclic) bond motifs is 1. The molecule has 3 atom stereocenters. The minimum Gasteiger partial charge on any atom is -0.396 e. The number of aromatic nitrogens is 2. The molecule has 1 fully saturated rings. The summed E-state index contributed by atoms with van der Waals surface area (Å²) < 4.78 is 38.0. The molecular weight excluding hydrogens is 425 g/mol. The number of hydrogen-bond acceptors (Lipinski definition) is 6. The highest BCUT2D eigenvalue weighted by Gasteiger charge is 2.43. The van der Waals surface area contributed by atoms with Crippen LogP contribution in [-0.4, -0.2) is 52.0 Å². The van der Waals surface area contributed by atoms with Crippen molar-refractivity contribution in [3.05, 3.63) is 29.7 Å². The van der Waals surface area contributed by atoms with E-state index in [1.807, 2.05) is 0 Å². The molecule has 31 heavy (non-hydrogen) atoms. The Morgan fingerprint density at radius 1 is 1.42 bits per heavy atom. The molecule has 164 valence electrons. The number of nitrogens with one attached hydrogen (secondary N) is 1. The molecule has 1 aromatic carbocycles. The van der Waals surface area contributed by atoms with E-state index in [-0.39, 0.29) is 37.0 Å². The molecule has 0 bridgehead atoms. The van der Waals surface area contributed by atoms with E-state index in [1.165, 1.54) is 29.2 Å². The van der Waals surface area contributed by atoms with E-state index in [0.717, 1.165) is 12.7 Å². The molecule has 1 aliphatic rings. The van der Waals surface area contributed by atoms with Crippen LogP contribution >= 0.6 is 0 Å². The third-order valence-corrected chi connectivity index (χ3v) is 7.56. The van der Waals surface area contributed by atoms with E-state index in [2.05, 4.69) is 28.8 Å². The van der Waals surface area contributed by atoms with Crippen molar-refractivity contribution >= 4 is 26.6 Å². The Morgan fingerprint density at radius 2 is 2.16 bits per heavy atom. The lowest BCUT2D eigenvalue weighted by molar-refractivity contribution is -0.131. The first-order valence-electron chi connectivity index (χ1n) is 9.52. The number of carbonyl (C=O) groups excluding carboxylic acids is 1. The van der Waals surface area contributed by atoms with Crippen LogP contribution in [0.15, 0.2) is 18.3 Å². The van der Waals surface area contributed by atoms with Crippen LogP contribution in [0, 0.1) is 41.3 Å². The van der Waals surface area contributed by atoms with Crippen molar-refractivity contribution in [1.29, 1.82) is 0 Å². The normalized spacial score (nSPS) is 19.5. The number of amides is 1. The van der Waals surface area contributed by atoms with Crippen molar-refractivity contribution < 1.29 is 27.9 Å². The van der Waals surface area contributed by atoms with E-state index >= 15 is 0 Å². The van der Waals surface area contributed by atoms with Crippen molar-refractivity contribution in [1.82, 2.24) is 15.3 Å². The number of carbonyl (C=O) groups is 1. The summed E-state index contributed by atoms with van der Waals surface area (Å²) in [5.74, 6) is 9.65. The number of aliphatic hydroxyl groups is 1. The molecular formula is C21H22FN3O5S. The second-order valence-electron chi connectivity index (χ2n) is 7.78. The molecule has 3 rings (SSSR count). The number of benzene rings is 1. The summed E-state index contributed by atoms with van der Waals surface area (Å²) >= 11 is 0. The van der Waals surface area contributed by atoms with Crippen molar-refractivity contribution in [2.45, 2.75) is 31.1 Å². The van der Waals surface area contributed by atoms with Gasteiger partial charge in [0, 0.05) is 43.0 Å². The molecule has 0 aliphatic heterocycles. The number of sulfone groups is 1. The highest BCUT2D eigenvalue weighted by molar-refractivity contribution is 7.92. The fraction of sp³-hybridized carbons (Fsp3) is 0.429. The average molecular weight is 447 g/mol. The largest absolute Gasteiger partial charge is 0.396 e. The Hall–Kier alpha value is -2.92. The van der Waals surface area contributed by atoms with Gasteiger partial charge in [-0.2, -0.15) is 5.10 Å². The number of hydroxylamine groups is 1. The molecule has 1 amide bonds. The number of rotatable bonds is 6. The molecule has 1 aromatic heterocycles. The zero-order chi connectivity index (χ0) is 22.8. The molecule has 0 radical (unpaired) electrons. The number of halogens is 1. The summed E-state index contributed by atoms with van der Waals surface area (Å²) in [6.45, 7) is 1.37. The maximum Gasteiger partial charge on any atom is 0.264 e. The van der Waals surface area contributed by atoms with Gasteiger partial charge in [-0.15, -0.1) is 0 Å².